The van der Waals surface area contributed by atoms with Crippen molar-refractivity contribution >= 4 is 57.3 Å². The van der Waals surface area contributed by atoms with Crippen LogP contribution in [0.15, 0.2) is 122 Å². The number of ether oxygens (including phenoxy) is 4. The second kappa shape index (κ2) is 33.5. The maximum absolute atomic E-state index is 14.0. The zero-order chi connectivity index (χ0) is 49.2. The van der Waals surface area contributed by atoms with Crippen molar-refractivity contribution in [2.45, 2.75) is 91.1 Å². The van der Waals surface area contributed by atoms with E-state index in [0.29, 0.717) is 31.7 Å². The number of hydrogen-bond acceptors (Lipinski definition) is 14. The average molecular weight is 971 g/mol. The van der Waals surface area contributed by atoms with E-state index in [2.05, 4.69) is 71.1 Å². The molecule has 68 heavy (non-hydrogen) atoms. The summed E-state index contributed by atoms with van der Waals surface area (Å²) in [6, 6.07) is 14.8. The quantitative estimate of drug-likeness (QED) is 0.0176. The molecule has 0 bridgehead atoms. The van der Waals surface area contributed by atoms with Gasteiger partial charge in [0.15, 0.2) is 6.10 Å². The smallest absolute Gasteiger partial charge is 0.347 e. The van der Waals surface area contributed by atoms with Crippen LogP contribution in [-0.4, -0.2) is 84.5 Å². The lowest BCUT2D eigenvalue weighted by Gasteiger charge is -2.32. The van der Waals surface area contributed by atoms with Gasteiger partial charge in [0.1, 0.15) is 29.2 Å². The molecule has 0 saturated carbocycles. The molecule has 0 aliphatic heterocycles. The van der Waals surface area contributed by atoms with Gasteiger partial charge in [-0.2, -0.15) is 0 Å². The molecule has 0 spiro atoms. The first-order chi connectivity index (χ1) is 33.0. The molecule has 3 aromatic rings. The number of allylic oxidation sites excluding steroid dienone is 8. The number of para-hydroxylation sites is 2. The van der Waals surface area contributed by atoms with E-state index in [1.165, 1.54) is 54.9 Å². The van der Waals surface area contributed by atoms with Crippen LogP contribution in [0.25, 0.3) is 0 Å². The maximum atomic E-state index is 14.0. The third-order valence-corrected chi connectivity index (χ3v) is 12.1. The van der Waals surface area contributed by atoms with Crippen LogP contribution in [0.3, 0.4) is 0 Å². The molecular weight excluding hydrogens is 905 g/mol. The second-order valence-corrected chi connectivity index (χ2v) is 18.6. The fraction of sp³-hybridized carbons (Fsp3) is 0.404. The van der Waals surface area contributed by atoms with Gasteiger partial charge in [-0.1, -0.05) is 115 Å². The van der Waals surface area contributed by atoms with Crippen molar-refractivity contribution in [1.82, 2.24) is 15.6 Å². The van der Waals surface area contributed by atoms with Crippen LogP contribution in [0.1, 0.15) is 116 Å². The molecule has 0 radical (unpaired) electrons. The molecule has 1 aromatic heterocycles. The molecule has 14 nitrogen and oxygen atoms in total. The molecule has 1 heterocycles. The summed E-state index contributed by atoms with van der Waals surface area (Å²) < 4.78 is 22.7. The fourth-order valence-electron chi connectivity index (χ4n) is 6.06. The summed E-state index contributed by atoms with van der Waals surface area (Å²) in [4.78, 5) is 83.5. The van der Waals surface area contributed by atoms with Crippen molar-refractivity contribution < 1.29 is 47.7 Å². The number of hydrogen-bond donors (Lipinski definition) is 3. The summed E-state index contributed by atoms with van der Waals surface area (Å²) in [7, 11) is 3.21. The third kappa shape index (κ3) is 22.7. The number of benzene rings is 2. The van der Waals surface area contributed by atoms with Crippen molar-refractivity contribution in [3.8, 4) is 11.5 Å². The van der Waals surface area contributed by atoms with E-state index in [1.54, 1.807) is 53.6 Å². The minimum atomic E-state index is -1.53. The average Bonchev–Trinajstić information content (AvgIpc) is 3.34. The van der Waals surface area contributed by atoms with Gasteiger partial charge in [-0.25, -0.2) is 14.4 Å². The van der Waals surface area contributed by atoms with Crippen LogP contribution >= 0.6 is 21.6 Å². The number of carbonyl (C=O) groups excluding carboxylic acids is 6. The maximum Gasteiger partial charge on any atom is 0.347 e. The lowest BCUT2D eigenvalue weighted by atomic mass is 9.86. The van der Waals surface area contributed by atoms with E-state index >= 15 is 0 Å². The first-order valence-electron chi connectivity index (χ1n) is 22.9. The molecule has 16 heteroatoms. The number of unbranched alkanes of at least 4 members (excludes halogenated alkanes) is 3. The Morgan fingerprint density at radius 1 is 0.691 bits per heavy atom. The van der Waals surface area contributed by atoms with E-state index in [4.69, 9.17) is 24.7 Å². The second-order valence-electron chi connectivity index (χ2n) is 15.9. The normalized spacial score (nSPS) is 12.1. The van der Waals surface area contributed by atoms with E-state index in [9.17, 15) is 28.8 Å². The van der Waals surface area contributed by atoms with Crippen LogP contribution in [0.5, 0.6) is 11.5 Å². The van der Waals surface area contributed by atoms with Crippen LogP contribution in [0.4, 0.5) is 0 Å². The Kier molecular flexibility index (Phi) is 27.8. The van der Waals surface area contributed by atoms with Crippen molar-refractivity contribution in [1.29, 1.82) is 0 Å². The number of amides is 2. The van der Waals surface area contributed by atoms with E-state index in [-0.39, 0.29) is 60.1 Å². The Bertz CT molecular complexity index is 2160. The van der Waals surface area contributed by atoms with Crippen LogP contribution in [-0.2, 0) is 23.9 Å². The van der Waals surface area contributed by atoms with E-state index in [0.717, 1.165) is 44.3 Å². The summed E-state index contributed by atoms with van der Waals surface area (Å²) in [5.74, 6) is -2.99. The van der Waals surface area contributed by atoms with Crippen LogP contribution < -0.4 is 25.8 Å². The minimum Gasteiger partial charge on any atom is -0.465 e. The van der Waals surface area contributed by atoms with Crippen LogP contribution in [0.2, 0.25) is 0 Å². The molecule has 3 rings (SSSR count). The summed E-state index contributed by atoms with van der Waals surface area (Å²) in [6.07, 6.45) is 25.8. The molecule has 366 valence electrons. The molecule has 0 saturated heterocycles. The Labute approximate surface area is 408 Å². The fourth-order valence-corrected chi connectivity index (χ4v) is 7.82. The first-order valence-corrected chi connectivity index (χ1v) is 25.4. The van der Waals surface area contributed by atoms with Crippen molar-refractivity contribution in [3.05, 3.63) is 138 Å². The molecule has 0 aliphatic carbocycles. The molecule has 0 fully saturated rings. The molecule has 0 aliphatic rings. The number of rotatable bonds is 32. The number of esters is 4. The third-order valence-electron chi connectivity index (χ3n) is 9.68. The number of nitrogens with two attached hydrogens (primary N) is 1. The SMILES string of the molecule is CCC=CCC=CCC=CCCCC=CCCCC(=O)OCC(C)(C)C(OC(=O)c1ccccc1OC(=O)c1ccccc1OC(=O)c1cccnc1)C(=O)NCCC(=O)NCCSSCCN. The largest absolute Gasteiger partial charge is 0.465 e. The Morgan fingerprint density at radius 3 is 1.96 bits per heavy atom. The highest BCUT2D eigenvalue weighted by Crippen LogP contribution is 2.29. The van der Waals surface area contributed by atoms with Crippen molar-refractivity contribution in [3.63, 3.8) is 0 Å². The van der Waals surface area contributed by atoms with Gasteiger partial charge in [0, 0.05) is 61.8 Å². The topological polar surface area (TPSA) is 202 Å². The molecule has 4 N–H and O–H groups in total. The summed E-state index contributed by atoms with van der Waals surface area (Å²) in [6.45, 7) is 6.00. The highest BCUT2D eigenvalue weighted by atomic mass is 33.1. The van der Waals surface area contributed by atoms with Crippen molar-refractivity contribution in [2.24, 2.45) is 11.1 Å². The van der Waals surface area contributed by atoms with Gasteiger partial charge in [-0.3, -0.25) is 19.4 Å². The van der Waals surface area contributed by atoms with Gasteiger partial charge in [0.05, 0.1) is 5.56 Å². The lowest BCUT2D eigenvalue weighted by molar-refractivity contribution is -0.153. The van der Waals surface area contributed by atoms with Gasteiger partial charge < -0.3 is 35.3 Å². The molecule has 1 unspecified atom stereocenters. The molecular formula is C52H66N4O10S2. The summed E-state index contributed by atoms with van der Waals surface area (Å²) in [5.41, 5.74) is 4.11. The van der Waals surface area contributed by atoms with E-state index < -0.39 is 41.3 Å². The zero-order valence-electron chi connectivity index (χ0n) is 39.4. The standard InChI is InChI=1S/C52H66N4O10S2/c1-4-5-6-7-8-9-10-11-12-13-14-15-16-17-18-19-30-46(58)63-39-52(2,3)47(48(59)56-34-31-45(57)55-35-37-68-67-36-32-53)66-51(62)42-27-21-23-29-44(42)65-50(61)41-26-20-22-28-43(41)64-49(60)40-25-24-33-54-38-40/h5-6,8-9,11-12,16-17,20-29,33,38,47H,4,7,10,13-15,18-19,30-32,34-37,39,53H2,1-3H3,(H,55,57)(H,56,59). The number of nitrogens with one attached hydrogen (secondary N) is 2. The Morgan fingerprint density at radius 2 is 1.29 bits per heavy atom. The van der Waals surface area contributed by atoms with Gasteiger partial charge >= 0.3 is 23.9 Å². The molecule has 1 atom stereocenters. The summed E-state index contributed by atoms with van der Waals surface area (Å²) in [5, 5.41) is 5.49. The van der Waals surface area contributed by atoms with Gasteiger partial charge in [-0.15, -0.1) is 0 Å². The molecule has 2 aromatic carbocycles. The Hall–Kier alpha value is -5.97. The highest BCUT2D eigenvalue weighted by Gasteiger charge is 2.40. The predicted octanol–water partition coefficient (Wildman–Crippen LogP) is 9.33. The molecule has 2 amide bonds. The van der Waals surface area contributed by atoms with Gasteiger partial charge in [0.25, 0.3) is 5.91 Å². The number of pyridine rings is 1. The van der Waals surface area contributed by atoms with Crippen molar-refractivity contribution in [2.75, 3.05) is 37.7 Å². The minimum absolute atomic E-state index is 0.0405. The van der Waals surface area contributed by atoms with Crippen LogP contribution in [0, 0.1) is 5.41 Å². The highest BCUT2D eigenvalue weighted by molar-refractivity contribution is 8.76. The number of nitrogens with zero attached hydrogens (tertiary/aromatic N) is 1. The van der Waals surface area contributed by atoms with Gasteiger partial charge in [-0.05, 0) is 87.8 Å². The zero-order valence-corrected chi connectivity index (χ0v) is 41.0. The first kappa shape index (κ1) is 56.4. The monoisotopic (exact) mass is 970 g/mol. The Balaban J connectivity index is 1.62. The summed E-state index contributed by atoms with van der Waals surface area (Å²) >= 11 is 0. The predicted molar refractivity (Wildman–Crippen MR) is 269 cm³/mol. The number of carbonyl (C=O) groups is 6. The number of aromatic nitrogens is 1. The lowest BCUT2D eigenvalue weighted by Crippen LogP contribution is -2.49. The van der Waals surface area contributed by atoms with Gasteiger partial charge in [0.2, 0.25) is 5.91 Å². The van der Waals surface area contributed by atoms with E-state index in [1.807, 2.05) is 0 Å².